The van der Waals surface area contributed by atoms with Gasteiger partial charge in [0.25, 0.3) is 0 Å². The van der Waals surface area contributed by atoms with Gasteiger partial charge in [0.15, 0.2) is 0 Å². The molecule has 0 saturated carbocycles. The first kappa shape index (κ1) is 14.4. The highest BCUT2D eigenvalue weighted by atomic mass is 79.9. The molecule has 0 spiro atoms. The Bertz CT molecular complexity index is 385. The van der Waals surface area contributed by atoms with E-state index in [9.17, 15) is 4.79 Å². The Hall–Kier alpha value is -0.613. The standard InChI is InChI=1S/C13H19BrO2Si/c1-17(2,3)9-8-16-13(15)10-11-6-4-5-7-12(11)14/h4-7H,8-10H2,1-3H3. The van der Waals surface area contributed by atoms with E-state index in [0.717, 1.165) is 16.1 Å². The summed E-state index contributed by atoms with van der Waals surface area (Å²) in [6.07, 6.45) is 0.340. The second-order valence-electron chi connectivity index (χ2n) is 5.30. The number of hydrogen-bond acceptors (Lipinski definition) is 2. The molecule has 0 amide bonds. The largest absolute Gasteiger partial charge is 0.466 e. The number of carbonyl (C=O) groups is 1. The highest BCUT2D eigenvalue weighted by Gasteiger charge is 2.14. The molecule has 0 aromatic heterocycles. The summed E-state index contributed by atoms with van der Waals surface area (Å²) < 4.78 is 6.21. The first-order chi connectivity index (χ1) is 7.88. The predicted molar refractivity (Wildman–Crippen MR) is 77.0 cm³/mol. The van der Waals surface area contributed by atoms with Crippen LogP contribution in [0.25, 0.3) is 0 Å². The normalized spacial score (nSPS) is 11.3. The molecule has 94 valence electrons. The molecule has 0 atom stereocenters. The summed E-state index contributed by atoms with van der Waals surface area (Å²) in [5, 5.41) is 0. The molecular formula is C13H19BrO2Si. The highest BCUT2D eigenvalue weighted by Crippen LogP contribution is 2.17. The van der Waals surface area contributed by atoms with E-state index in [2.05, 4.69) is 35.6 Å². The van der Waals surface area contributed by atoms with Gasteiger partial charge in [0.2, 0.25) is 0 Å². The second-order valence-corrected chi connectivity index (χ2v) is 11.8. The van der Waals surface area contributed by atoms with Crippen LogP contribution in [0.5, 0.6) is 0 Å². The third kappa shape index (κ3) is 6.03. The number of esters is 1. The van der Waals surface area contributed by atoms with E-state index in [0.29, 0.717) is 13.0 Å². The van der Waals surface area contributed by atoms with Crippen molar-refractivity contribution >= 4 is 30.0 Å². The summed E-state index contributed by atoms with van der Waals surface area (Å²) in [5.74, 6) is -0.143. The number of ether oxygens (including phenoxy) is 1. The van der Waals surface area contributed by atoms with Crippen molar-refractivity contribution in [3.05, 3.63) is 34.3 Å². The average Bonchev–Trinajstić information content (AvgIpc) is 2.19. The van der Waals surface area contributed by atoms with Gasteiger partial charge in [-0.3, -0.25) is 4.79 Å². The molecule has 0 heterocycles. The molecule has 0 aliphatic heterocycles. The number of rotatable bonds is 5. The van der Waals surface area contributed by atoms with Gasteiger partial charge in [-0.2, -0.15) is 0 Å². The molecule has 1 aromatic rings. The topological polar surface area (TPSA) is 26.3 Å². The first-order valence-electron chi connectivity index (χ1n) is 5.77. The molecule has 4 heteroatoms. The molecule has 0 radical (unpaired) electrons. The van der Waals surface area contributed by atoms with Crippen LogP contribution in [0.4, 0.5) is 0 Å². The summed E-state index contributed by atoms with van der Waals surface area (Å²) in [6, 6.07) is 8.75. The van der Waals surface area contributed by atoms with Gasteiger partial charge in [-0.25, -0.2) is 0 Å². The Morgan fingerprint density at radius 3 is 2.53 bits per heavy atom. The van der Waals surface area contributed by atoms with Crippen LogP contribution < -0.4 is 0 Å². The van der Waals surface area contributed by atoms with E-state index in [1.165, 1.54) is 0 Å². The molecule has 2 nitrogen and oxygen atoms in total. The van der Waals surface area contributed by atoms with E-state index in [-0.39, 0.29) is 5.97 Å². The summed E-state index contributed by atoms with van der Waals surface area (Å²) in [7, 11) is -1.11. The van der Waals surface area contributed by atoms with E-state index in [1.54, 1.807) is 0 Å². The lowest BCUT2D eigenvalue weighted by Crippen LogP contribution is -2.23. The van der Waals surface area contributed by atoms with E-state index >= 15 is 0 Å². The van der Waals surface area contributed by atoms with Crippen LogP contribution in [0.2, 0.25) is 25.7 Å². The van der Waals surface area contributed by atoms with Gasteiger partial charge in [-0.1, -0.05) is 53.8 Å². The monoisotopic (exact) mass is 314 g/mol. The van der Waals surface area contributed by atoms with E-state index < -0.39 is 8.07 Å². The Labute approximate surface area is 113 Å². The SMILES string of the molecule is C[Si](C)(C)CCOC(=O)Cc1ccccc1Br. The fourth-order valence-corrected chi connectivity index (χ4v) is 2.46. The minimum Gasteiger partial charge on any atom is -0.466 e. The van der Waals surface area contributed by atoms with Crippen LogP contribution in [0.3, 0.4) is 0 Å². The molecule has 17 heavy (non-hydrogen) atoms. The zero-order chi connectivity index (χ0) is 12.9. The number of hydrogen-bond donors (Lipinski definition) is 0. The van der Waals surface area contributed by atoms with Crippen molar-refractivity contribution in [2.75, 3.05) is 6.61 Å². The van der Waals surface area contributed by atoms with Gasteiger partial charge in [0.1, 0.15) is 0 Å². The molecule has 0 aliphatic carbocycles. The van der Waals surface area contributed by atoms with Gasteiger partial charge in [-0.05, 0) is 17.7 Å². The third-order valence-electron chi connectivity index (χ3n) is 2.41. The lowest BCUT2D eigenvalue weighted by Gasteiger charge is -2.15. The molecular weight excluding hydrogens is 296 g/mol. The van der Waals surface area contributed by atoms with Crippen molar-refractivity contribution < 1.29 is 9.53 Å². The van der Waals surface area contributed by atoms with Crippen molar-refractivity contribution in [2.45, 2.75) is 32.1 Å². The second kappa shape index (κ2) is 6.35. The van der Waals surface area contributed by atoms with Crippen LogP contribution in [0, 0.1) is 0 Å². The lowest BCUT2D eigenvalue weighted by atomic mass is 10.2. The fraction of sp³-hybridized carbons (Fsp3) is 0.462. The van der Waals surface area contributed by atoms with E-state index in [4.69, 9.17) is 4.74 Å². The zero-order valence-corrected chi connectivity index (χ0v) is 13.2. The van der Waals surface area contributed by atoms with Crippen molar-refractivity contribution in [3.8, 4) is 0 Å². The Morgan fingerprint density at radius 2 is 1.94 bits per heavy atom. The first-order valence-corrected chi connectivity index (χ1v) is 10.3. The molecule has 0 N–H and O–H groups in total. The molecule has 0 aliphatic rings. The van der Waals surface area contributed by atoms with Gasteiger partial charge < -0.3 is 4.74 Å². The van der Waals surface area contributed by atoms with Crippen molar-refractivity contribution in [2.24, 2.45) is 0 Å². The van der Waals surface area contributed by atoms with Crippen LogP contribution >= 0.6 is 15.9 Å². The van der Waals surface area contributed by atoms with Crippen LogP contribution in [-0.2, 0) is 16.0 Å². The van der Waals surface area contributed by atoms with Crippen molar-refractivity contribution in [3.63, 3.8) is 0 Å². The maximum atomic E-state index is 11.6. The highest BCUT2D eigenvalue weighted by molar-refractivity contribution is 9.10. The Kier molecular flexibility index (Phi) is 5.40. The summed E-state index contributed by atoms with van der Waals surface area (Å²) in [6.45, 7) is 7.37. The van der Waals surface area contributed by atoms with Crippen LogP contribution in [-0.4, -0.2) is 20.7 Å². The molecule has 0 fully saturated rings. The quantitative estimate of drug-likeness (QED) is 0.609. The minimum absolute atomic E-state index is 0.143. The maximum Gasteiger partial charge on any atom is 0.310 e. The van der Waals surface area contributed by atoms with Crippen LogP contribution in [0.15, 0.2) is 28.7 Å². The predicted octanol–water partition coefficient (Wildman–Crippen LogP) is 3.87. The van der Waals surface area contributed by atoms with Gasteiger partial charge in [0.05, 0.1) is 13.0 Å². The zero-order valence-electron chi connectivity index (χ0n) is 10.6. The average molecular weight is 315 g/mol. The Balaban J connectivity index is 2.38. The Morgan fingerprint density at radius 1 is 1.29 bits per heavy atom. The van der Waals surface area contributed by atoms with Gasteiger partial charge in [0, 0.05) is 12.5 Å². The number of halogens is 1. The molecule has 1 rings (SSSR count). The van der Waals surface area contributed by atoms with Gasteiger partial charge in [-0.15, -0.1) is 0 Å². The van der Waals surface area contributed by atoms with Gasteiger partial charge >= 0.3 is 5.97 Å². The lowest BCUT2D eigenvalue weighted by molar-refractivity contribution is -0.142. The maximum absolute atomic E-state index is 11.6. The van der Waals surface area contributed by atoms with E-state index in [1.807, 2.05) is 24.3 Å². The molecule has 0 saturated heterocycles. The number of carbonyl (C=O) groups excluding carboxylic acids is 1. The summed E-state index contributed by atoms with van der Waals surface area (Å²) in [4.78, 5) is 11.6. The minimum atomic E-state index is -1.11. The smallest absolute Gasteiger partial charge is 0.310 e. The van der Waals surface area contributed by atoms with Crippen molar-refractivity contribution in [1.82, 2.24) is 0 Å². The van der Waals surface area contributed by atoms with Crippen LogP contribution in [0.1, 0.15) is 5.56 Å². The summed E-state index contributed by atoms with van der Waals surface area (Å²) in [5.41, 5.74) is 0.977. The molecule has 0 bridgehead atoms. The number of benzene rings is 1. The fourth-order valence-electron chi connectivity index (χ4n) is 1.32. The third-order valence-corrected chi connectivity index (χ3v) is 4.89. The van der Waals surface area contributed by atoms with Crippen molar-refractivity contribution in [1.29, 1.82) is 0 Å². The molecule has 0 unspecified atom stereocenters. The summed E-state index contributed by atoms with van der Waals surface area (Å²) >= 11 is 3.42. The molecule has 1 aromatic carbocycles.